The molecular weight excluding hydrogens is 658 g/mol. The molecule has 2 aliphatic rings. The topological polar surface area (TPSA) is 49.9 Å². The van der Waals surface area contributed by atoms with Gasteiger partial charge in [0.25, 0.3) is 0 Å². The van der Waals surface area contributed by atoms with Crippen molar-refractivity contribution in [2.24, 2.45) is 5.92 Å². The predicted molar refractivity (Wildman–Crippen MR) is 191 cm³/mol. The Bertz CT molecular complexity index is 1630. The van der Waals surface area contributed by atoms with Crippen molar-refractivity contribution in [3.05, 3.63) is 80.5 Å². The number of likely N-dealkylation sites (N-methyl/N-ethyl adjacent to an activating group) is 1. The number of carbonyl (C=O) groups is 2. The van der Waals surface area contributed by atoms with Crippen LogP contribution in [0.15, 0.2) is 48.5 Å². The minimum Gasteiger partial charge on any atom is -0.459 e. The van der Waals surface area contributed by atoms with Gasteiger partial charge in [0, 0.05) is 18.0 Å². The molecule has 0 spiro atoms. The Hall–Kier alpha value is -2.64. The summed E-state index contributed by atoms with van der Waals surface area (Å²) in [6.45, 7) is 9.98. The zero-order valence-corrected chi connectivity index (χ0v) is 30.3. The molecule has 1 saturated carbocycles. The van der Waals surface area contributed by atoms with E-state index in [9.17, 15) is 14.0 Å². The van der Waals surface area contributed by atoms with Gasteiger partial charge in [-0.2, -0.15) is 0 Å². The van der Waals surface area contributed by atoms with Crippen molar-refractivity contribution in [2.45, 2.75) is 103 Å². The van der Waals surface area contributed by atoms with Gasteiger partial charge in [0.05, 0.1) is 26.4 Å². The molecule has 1 aliphatic heterocycles. The molecule has 1 heterocycles. The molecule has 252 valence electrons. The van der Waals surface area contributed by atoms with E-state index in [1.807, 2.05) is 27.8 Å². The van der Waals surface area contributed by atoms with Crippen molar-refractivity contribution >= 4 is 58.1 Å². The fourth-order valence-corrected chi connectivity index (χ4v) is 7.90. The van der Waals surface area contributed by atoms with Crippen LogP contribution >= 0.6 is 34.8 Å². The van der Waals surface area contributed by atoms with Gasteiger partial charge in [0.1, 0.15) is 17.5 Å². The highest BCUT2D eigenvalue weighted by molar-refractivity contribution is 6.40. The molecule has 0 N–H and O–H groups in total. The number of anilines is 2. The minimum absolute atomic E-state index is 0.0931. The second-order valence-corrected chi connectivity index (χ2v) is 15.6. The second-order valence-electron chi connectivity index (χ2n) is 14.3. The molecule has 1 atom stereocenters. The lowest BCUT2D eigenvalue weighted by atomic mass is 9.78. The molecule has 47 heavy (non-hydrogen) atoms. The molecule has 1 aliphatic carbocycles. The van der Waals surface area contributed by atoms with Crippen LogP contribution in [0, 0.1) is 11.7 Å². The van der Waals surface area contributed by atoms with E-state index in [-0.39, 0.29) is 36.3 Å². The molecule has 0 aromatic heterocycles. The van der Waals surface area contributed by atoms with E-state index in [1.165, 1.54) is 12.1 Å². The number of rotatable bonds is 8. The van der Waals surface area contributed by atoms with Gasteiger partial charge in [-0.25, -0.2) is 4.39 Å². The summed E-state index contributed by atoms with van der Waals surface area (Å²) in [6.07, 6.45) is 5.11. The van der Waals surface area contributed by atoms with Gasteiger partial charge in [-0.1, -0.05) is 60.8 Å². The molecule has 0 bridgehead atoms. The summed E-state index contributed by atoms with van der Waals surface area (Å²) >= 11 is 20.0. The molecule has 9 heteroatoms. The maximum absolute atomic E-state index is 14.2. The largest absolute Gasteiger partial charge is 0.459 e. The second kappa shape index (κ2) is 14.5. The van der Waals surface area contributed by atoms with Crippen LogP contribution in [0.2, 0.25) is 15.1 Å². The number of nitrogens with zero attached hydrogens (tertiary/aromatic N) is 2. The summed E-state index contributed by atoms with van der Waals surface area (Å²) in [6, 6.07) is 13.8. The van der Waals surface area contributed by atoms with Crippen LogP contribution in [0.3, 0.4) is 0 Å². The van der Waals surface area contributed by atoms with Crippen LogP contribution in [0.1, 0.15) is 90.2 Å². The smallest absolute Gasteiger partial charge is 0.323 e. The number of fused-ring (bicyclic) bond motifs is 1. The van der Waals surface area contributed by atoms with Crippen LogP contribution in [0.4, 0.5) is 15.8 Å². The van der Waals surface area contributed by atoms with Gasteiger partial charge < -0.3 is 4.74 Å². The Kier molecular flexibility index (Phi) is 11.0. The number of ether oxygens (including phenoxy) is 1. The van der Waals surface area contributed by atoms with E-state index in [2.05, 4.69) is 30.9 Å². The third-order valence-electron chi connectivity index (χ3n) is 9.32. The third kappa shape index (κ3) is 7.99. The molecule has 1 amide bonds. The number of hydrogen-bond donors (Lipinski definition) is 0. The Labute approximate surface area is 293 Å². The van der Waals surface area contributed by atoms with Gasteiger partial charge in [-0.15, -0.1) is 0 Å². The Balaban J connectivity index is 1.51. The van der Waals surface area contributed by atoms with Crippen molar-refractivity contribution in [1.82, 2.24) is 4.90 Å². The molecular formula is C38H44Cl3FN2O3. The number of halogens is 4. The normalized spacial score (nSPS) is 19.2. The number of para-hydroxylation sites is 1. The van der Waals surface area contributed by atoms with Gasteiger partial charge in [-0.3, -0.25) is 19.4 Å². The van der Waals surface area contributed by atoms with Crippen molar-refractivity contribution in [2.75, 3.05) is 11.9 Å². The quantitative estimate of drug-likeness (QED) is 0.219. The highest BCUT2D eigenvalue weighted by Gasteiger charge is 2.36. The number of hydrogen-bond acceptors (Lipinski definition) is 4. The van der Waals surface area contributed by atoms with E-state index in [4.69, 9.17) is 39.5 Å². The number of benzene rings is 3. The van der Waals surface area contributed by atoms with E-state index in [0.717, 1.165) is 54.5 Å². The number of amides is 1. The molecule has 0 radical (unpaired) electrons. The standard InChI is InChI=1S/C38H44Cl3FN2O3/c1-22(2)18-34(37(46)47-38(3,4)5)43(6)26-13-10-23(11-14-26)24-19-29(27-15-12-25(42)21-32(27)41)28-16-17-35(45)44(33(28)20-24)36-30(39)8-7-9-31(36)40/h7-9,12,15,19-23,26,34H,10-11,13-14,16-18H2,1-6H3/t23?,26?,34-/m0/s1. The fourth-order valence-electron chi connectivity index (χ4n) is 7.07. The average molecular weight is 702 g/mol. The molecule has 1 fully saturated rings. The van der Waals surface area contributed by atoms with E-state index in [1.54, 1.807) is 29.2 Å². The summed E-state index contributed by atoms with van der Waals surface area (Å²) in [7, 11) is 2.05. The first-order chi connectivity index (χ1) is 22.1. The molecule has 3 aromatic rings. The monoisotopic (exact) mass is 700 g/mol. The number of esters is 1. The summed E-state index contributed by atoms with van der Waals surface area (Å²) in [5.41, 5.74) is 4.25. The van der Waals surface area contributed by atoms with Gasteiger partial charge in [-0.05, 0) is 131 Å². The van der Waals surface area contributed by atoms with Gasteiger partial charge in [0.2, 0.25) is 5.91 Å². The maximum atomic E-state index is 14.2. The first-order valence-corrected chi connectivity index (χ1v) is 17.6. The van der Waals surface area contributed by atoms with Crippen molar-refractivity contribution in [3.63, 3.8) is 0 Å². The zero-order chi connectivity index (χ0) is 34.2. The average Bonchev–Trinajstić information content (AvgIpc) is 2.99. The fraction of sp³-hybridized carbons (Fsp3) is 0.474. The zero-order valence-electron chi connectivity index (χ0n) is 28.0. The predicted octanol–water partition coefficient (Wildman–Crippen LogP) is 10.8. The lowest BCUT2D eigenvalue weighted by molar-refractivity contribution is -0.162. The molecule has 5 rings (SSSR count). The van der Waals surface area contributed by atoms with Crippen molar-refractivity contribution < 1.29 is 18.7 Å². The van der Waals surface area contributed by atoms with E-state index in [0.29, 0.717) is 38.7 Å². The summed E-state index contributed by atoms with van der Waals surface area (Å²) < 4.78 is 20.0. The van der Waals surface area contributed by atoms with Crippen LogP contribution in [0.25, 0.3) is 11.1 Å². The van der Waals surface area contributed by atoms with E-state index < -0.39 is 11.4 Å². The van der Waals surface area contributed by atoms with Crippen LogP contribution in [0.5, 0.6) is 0 Å². The van der Waals surface area contributed by atoms with Crippen LogP contribution in [-0.2, 0) is 20.7 Å². The van der Waals surface area contributed by atoms with Crippen molar-refractivity contribution in [3.8, 4) is 11.1 Å². The Morgan fingerprint density at radius 1 is 0.957 bits per heavy atom. The van der Waals surface area contributed by atoms with Crippen LogP contribution < -0.4 is 4.90 Å². The maximum Gasteiger partial charge on any atom is 0.323 e. The lowest BCUT2D eigenvalue weighted by Gasteiger charge is -2.40. The highest BCUT2D eigenvalue weighted by atomic mass is 35.5. The van der Waals surface area contributed by atoms with Gasteiger partial charge >= 0.3 is 5.97 Å². The Morgan fingerprint density at radius 3 is 2.21 bits per heavy atom. The SMILES string of the molecule is CC(C)C[C@@H](C(=O)OC(C)(C)C)N(C)C1CCC(c2cc(-c3ccc(F)cc3Cl)c3c(c2)N(c2c(Cl)cccc2Cl)C(=O)CC3)CC1. The summed E-state index contributed by atoms with van der Waals surface area (Å²) in [4.78, 5) is 30.8. The van der Waals surface area contributed by atoms with Crippen molar-refractivity contribution in [1.29, 1.82) is 0 Å². The molecule has 5 nitrogen and oxygen atoms in total. The summed E-state index contributed by atoms with van der Waals surface area (Å²) in [5.74, 6) is -0.129. The third-order valence-corrected chi connectivity index (χ3v) is 10.2. The Morgan fingerprint density at radius 2 is 1.62 bits per heavy atom. The molecule has 3 aromatic carbocycles. The highest BCUT2D eigenvalue weighted by Crippen LogP contribution is 2.48. The number of carbonyl (C=O) groups excluding carboxylic acids is 2. The van der Waals surface area contributed by atoms with E-state index >= 15 is 0 Å². The summed E-state index contributed by atoms with van der Waals surface area (Å²) in [5, 5.41) is 1.08. The first-order valence-electron chi connectivity index (χ1n) is 16.5. The molecule has 0 unspecified atom stereocenters. The first kappa shape index (κ1) is 35.7. The molecule has 0 saturated heterocycles. The van der Waals surface area contributed by atoms with Crippen LogP contribution in [-0.4, -0.2) is 41.5 Å². The van der Waals surface area contributed by atoms with Gasteiger partial charge in [0.15, 0.2) is 0 Å². The minimum atomic E-state index is -0.550. The lowest BCUT2D eigenvalue weighted by Crippen LogP contribution is -2.48.